The summed E-state index contributed by atoms with van der Waals surface area (Å²) in [5, 5.41) is 0. The summed E-state index contributed by atoms with van der Waals surface area (Å²) < 4.78 is 12.5. The highest BCUT2D eigenvalue weighted by molar-refractivity contribution is 5.70. The quantitative estimate of drug-likeness (QED) is 0.0808. The van der Waals surface area contributed by atoms with E-state index in [1.165, 1.54) is 38.5 Å². The van der Waals surface area contributed by atoms with Crippen LogP contribution in [0.3, 0.4) is 0 Å². The average molecular weight is 675 g/mol. The molecule has 4 rings (SSSR count). The van der Waals surface area contributed by atoms with E-state index in [1.54, 1.807) is 0 Å². The zero-order chi connectivity index (χ0) is 34.1. The second-order valence-corrected chi connectivity index (χ2v) is 16.6. The minimum absolute atomic E-state index is 0.00147. The molecule has 0 aromatic rings. The number of carbonyl (C=O) groups is 2. The fourth-order valence-electron chi connectivity index (χ4n) is 9.42. The molecule has 0 saturated heterocycles. The van der Waals surface area contributed by atoms with Crippen molar-refractivity contribution in [1.29, 1.82) is 0 Å². The number of nitrogens with two attached hydrogens (primary N) is 4. The Kier molecular flexibility index (Phi) is 18.0. The number of hydrogen-bond donors (Lipinski definition) is 4. The van der Waals surface area contributed by atoms with Crippen LogP contribution >= 0.6 is 0 Å². The SMILES string of the molecule is NC1CCC(C(OC(=O)CCCCCCCCCCCCC(=O)OC(C2CCC(N)CC2)C2CCC(N)CC2)C2CCC(N)CC2)CC1. The predicted molar refractivity (Wildman–Crippen MR) is 195 cm³/mol. The summed E-state index contributed by atoms with van der Waals surface area (Å²) in [5.41, 5.74) is 24.7. The van der Waals surface area contributed by atoms with Crippen LogP contribution in [0.2, 0.25) is 0 Å². The molecular weight excluding hydrogens is 600 g/mol. The maximum atomic E-state index is 12.9. The highest BCUT2D eigenvalue weighted by atomic mass is 16.5. The first-order valence-electron chi connectivity index (χ1n) is 20.7. The molecule has 8 N–H and O–H groups in total. The van der Waals surface area contributed by atoms with Gasteiger partial charge in [0.05, 0.1) is 0 Å². The molecule has 0 heterocycles. The smallest absolute Gasteiger partial charge is 0.306 e. The van der Waals surface area contributed by atoms with Gasteiger partial charge in [0.25, 0.3) is 0 Å². The van der Waals surface area contributed by atoms with Gasteiger partial charge in [0.1, 0.15) is 12.2 Å². The molecule has 0 aromatic carbocycles. The van der Waals surface area contributed by atoms with E-state index in [0.29, 0.717) is 60.7 Å². The third-order valence-electron chi connectivity index (χ3n) is 12.7. The molecule has 8 nitrogen and oxygen atoms in total. The summed E-state index contributed by atoms with van der Waals surface area (Å²) in [6, 6.07) is 1.24. The Morgan fingerprint density at radius 2 is 0.583 bits per heavy atom. The van der Waals surface area contributed by atoms with Gasteiger partial charge in [0.15, 0.2) is 0 Å². The van der Waals surface area contributed by atoms with E-state index >= 15 is 0 Å². The van der Waals surface area contributed by atoms with Gasteiger partial charge in [-0.05, 0) is 139 Å². The van der Waals surface area contributed by atoms with Crippen LogP contribution in [0.25, 0.3) is 0 Å². The second-order valence-electron chi connectivity index (χ2n) is 16.6. The van der Waals surface area contributed by atoms with Crippen molar-refractivity contribution in [3.8, 4) is 0 Å². The summed E-state index contributed by atoms with van der Waals surface area (Å²) >= 11 is 0. The molecule has 0 amide bonds. The van der Waals surface area contributed by atoms with Gasteiger partial charge in [0.2, 0.25) is 0 Å². The first kappa shape index (κ1) is 39.6. The van der Waals surface area contributed by atoms with Gasteiger partial charge >= 0.3 is 11.9 Å². The molecule has 0 unspecified atom stereocenters. The summed E-state index contributed by atoms with van der Waals surface area (Å²) in [5.74, 6) is 1.86. The van der Waals surface area contributed by atoms with Gasteiger partial charge in [-0.1, -0.05) is 51.4 Å². The number of ether oxygens (including phenoxy) is 2. The molecule has 0 aromatic heterocycles. The molecule has 4 fully saturated rings. The lowest BCUT2D eigenvalue weighted by Crippen LogP contribution is -2.41. The Hall–Kier alpha value is -1.22. The van der Waals surface area contributed by atoms with Crippen LogP contribution in [0.5, 0.6) is 0 Å². The fraction of sp³-hybridized carbons (Fsp3) is 0.950. The van der Waals surface area contributed by atoms with Gasteiger partial charge in [-0.15, -0.1) is 0 Å². The number of esters is 2. The molecule has 8 heteroatoms. The van der Waals surface area contributed by atoms with Gasteiger partial charge in [-0.2, -0.15) is 0 Å². The van der Waals surface area contributed by atoms with Crippen molar-refractivity contribution in [2.24, 2.45) is 46.6 Å². The maximum absolute atomic E-state index is 12.9. The van der Waals surface area contributed by atoms with Crippen LogP contribution < -0.4 is 22.9 Å². The number of hydrogen-bond acceptors (Lipinski definition) is 8. The van der Waals surface area contributed by atoms with Crippen molar-refractivity contribution < 1.29 is 19.1 Å². The van der Waals surface area contributed by atoms with E-state index < -0.39 is 0 Å². The average Bonchev–Trinajstić information content (AvgIpc) is 3.08. The van der Waals surface area contributed by atoms with E-state index in [9.17, 15) is 9.59 Å². The zero-order valence-electron chi connectivity index (χ0n) is 30.5. The minimum atomic E-state index is 0.00147. The third-order valence-corrected chi connectivity index (χ3v) is 12.7. The Morgan fingerprint density at radius 1 is 0.375 bits per heavy atom. The molecular formula is C40H74N4O4. The predicted octanol–water partition coefficient (Wildman–Crippen LogP) is 7.56. The summed E-state index contributed by atoms with van der Waals surface area (Å²) in [6.07, 6.45) is 29.7. The van der Waals surface area contributed by atoms with Crippen LogP contribution in [-0.2, 0) is 19.1 Å². The number of rotatable bonds is 19. The lowest BCUT2D eigenvalue weighted by Gasteiger charge is -2.39. The molecule has 0 bridgehead atoms. The third kappa shape index (κ3) is 14.2. The highest BCUT2D eigenvalue weighted by Crippen LogP contribution is 2.39. The van der Waals surface area contributed by atoms with Crippen molar-refractivity contribution in [3.63, 3.8) is 0 Å². The molecule has 4 aliphatic rings. The van der Waals surface area contributed by atoms with Gasteiger partial charge in [-0.25, -0.2) is 0 Å². The lowest BCUT2D eigenvalue weighted by molar-refractivity contribution is -0.158. The topological polar surface area (TPSA) is 157 Å². The Bertz CT molecular complexity index is 772. The minimum Gasteiger partial charge on any atom is -0.462 e. The van der Waals surface area contributed by atoms with Crippen molar-refractivity contribution in [1.82, 2.24) is 0 Å². The maximum Gasteiger partial charge on any atom is 0.306 e. The Morgan fingerprint density at radius 3 is 0.812 bits per heavy atom. The molecule has 4 aliphatic carbocycles. The molecule has 0 radical (unpaired) electrons. The fourth-order valence-corrected chi connectivity index (χ4v) is 9.42. The Balaban J connectivity index is 1.00. The summed E-state index contributed by atoms with van der Waals surface area (Å²) in [6.45, 7) is 0. The van der Waals surface area contributed by atoms with Crippen LogP contribution in [0, 0.1) is 23.7 Å². The van der Waals surface area contributed by atoms with Crippen LogP contribution in [0.4, 0.5) is 0 Å². The van der Waals surface area contributed by atoms with Crippen LogP contribution in [0.1, 0.15) is 180 Å². The van der Waals surface area contributed by atoms with Crippen molar-refractivity contribution in [3.05, 3.63) is 0 Å². The standard InChI is InChI=1S/C40H74N4O4/c41-33-21-13-29(14-22-33)39(30-15-23-34(42)24-16-30)47-37(45)11-9-7-5-3-1-2-4-6-8-10-12-38(46)48-40(31-17-25-35(43)26-18-31)32-19-27-36(44)28-20-32/h29-36,39-40H,1-28,41-44H2. The Labute approximate surface area is 293 Å². The van der Waals surface area contributed by atoms with Crippen LogP contribution in [-0.4, -0.2) is 48.3 Å². The first-order chi connectivity index (χ1) is 23.3. The van der Waals surface area contributed by atoms with Gasteiger partial charge in [-0.3, -0.25) is 9.59 Å². The molecule has 278 valence electrons. The largest absolute Gasteiger partial charge is 0.462 e. The molecule has 0 spiro atoms. The van der Waals surface area contributed by atoms with Crippen LogP contribution in [0.15, 0.2) is 0 Å². The lowest BCUT2D eigenvalue weighted by atomic mass is 9.73. The first-order valence-corrected chi connectivity index (χ1v) is 20.7. The number of carbonyl (C=O) groups excluding carboxylic acids is 2. The zero-order valence-corrected chi connectivity index (χ0v) is 30.5. The normalized spacial score (nSPS) is 32.7. The van der Waals surface area contributed by atoms with E-state index in [0.717, 1.165) is 128 Å². The molecule has 4 saturated carbocycles. The second kappa shape index (κ2) is 21.9. The highest BCUT2D eigenvalue weighted by Gasteiger charge is 2.38. The molecule has 0 atom stereocenters. The van der Waals surface area contributed by atoms with Gasteiger partial charge in [0, 0.05) is 37.0 Å². The van der Waals surface area contributed by atoms with E-state index in [1.807, 2.05) is 0 Å². The molecule has 48 heavy (non-hydrogen) atoms. The summed E-state index contributed by atoms with van der Waals surface area (Å²) in [7, 11) is 0. The monoisotopic (exact) mass is 675 g/mol. The molecule has 0 aliphatic heterocycles. The summed E-state index contributed by atoms with van der Waals surface area (Å²) in [4.78, 5) is 25.8. The van der Waals surface area contributed by atoms with Crippen molar-refractivity contribution in [2.45, 2.75) is 216 Å². The van der Waals surface area contributed by atoms with Crippen molar-refractivity contribution in [2.75, 3.05) is 0 Å². The van der Waals surface area contributed by atoms with Gasteiger partial charge < -0.3 is 32.4 Å². The van der Waals surface area contributed by atoms with Crippen molar-refractivity contribution >= 4 is 11.9 Å². The van der Waals surface area contributed by atoms with E-state index in [2.05, 4.69) is 0 Å². The van der Waals surface area contributed by atoms with E-state index in [4.69, 9.17) is 32.4 Å². The number of unbranched alkanes of at least 4 members (excludes halogenated alkanes) is 9. The van der Waals surface area contributed by atoms with E-state index in [-0.39, 0.29) is 24.1 Å².